The Balaban J connectivity index is 0.656. The maximum atomic E-state index is 11.6. The summed E-state index contributed by atoms with van der Waals surface area (Å²) in [5.74, 6) is 2.16. The van der Waals surface area contributed by atoms with E-state index in [0.29, 0.717) is 79.5 Å². The van der Waals surface area contributed by atoms with Crippen molar-refractivity contribution in [3.05, 3.63) is 494 Å². The van der Waals surface area contributed by atoms with Gasteiger partial charge in [-0.3, -0.25) is 0 Å². The molecule has 0 aliphatic rings. The van der Waals surface area contributed by atoms with Gasteiger partial charge in [0, 0.05) is 88.3 Å². The van der Waals surface area contributed by atoms with Crippen molar-refractivity contribution in [2.75, 3.05) is 0 Å². The van der Waals surface area contributed by atoms with Crippen LogP contribution in [0.25, 0.3) is 235 Å². The van der Waals surface area contributed by atoms with E-state index in [1.54, 1.807) is 0 Å². The van der Waals surface area contributed by atoms with Gasteiger partial charge in [0.2, 0.25) is 0 Å². The lowest BCUT2D eigenvalue weighted by Crippen LogP contribution is -2.06. The number of benzene rings is 18. The average Bonchev–Trinajstić information content (AvgIpc) is 1.55. The molecule has 666 valence electrons. The largest absolute Gasteiger partial charge is 0.308 e. The Hall–Kier alpha value is -19.1. The van der Waals surface area contributed by atoms with Gasteiger partial charge in [0.1, 0.15) is 0 Å². The number of rotatable bonds is 21. The van der Waals surface area contributed by atoms with Crippen molar-refractivity contribution >= 4 is 43.6 Å². The van der Waals surface area contributed by atoms with Gasteiger partial charge in [-0.25, -0.2) is 39.9 Å². The molecule has 142 heavy (non-hydrogen) atoms. The molecule has 18 aromatic carbocycles. The number of aryl methyl sites for hydroxylation is 4. The number of nitrogens with zero attached hydrogens (tertiary/aromatic N) is 12. The fourth-order valence-electron chi connectivity index (χ4n) is 19.9. The van der Waals surface area contributed by atoms with Gasteiger partial charge in [0.05, 0.1) is 102 Å². The zero-order chi connectivity index (χ0) is 95.1. The van der Waals surface area contributed by atoms with Crippen LogP contribution < -0.4 is 0 Å². The lowest BCUT2D eigenvalue weighted by Gasteiger charge is -2.21. The van der Waals surface area contributed by atoms with Gasteiger partial charge in [-0.05, 0) is 167 Å². The van der Waals surface area contributed by atoms with Gasteiger partial charge in [-0.1, -0.05) is 387 Å². The standard InChI is InChI=1S/C130H86N12/c1-83-31-27-51-97(65-83)101-59-63-121-107(73-101)108-74-102(60-64-122(108)141(121)125-109(117-77-113(89-35-11-3-12-36-89)133-127(137-117)93-43-19-7-20-44-93)69-87(81-131)70-110(125)118-78-114(90-37-13-4-14-38-90)134-128(138-118)94-45-21-8-22-46-94)99-53-29-33-85(67-99)55-56-86-34-30-54-100(68-86)104-58-62-106-105-61-57-103(98-52-28-32-84(2)66-98)75-123(105)142(124(106)76-104)126-111(119-79-115(91-39-15-5-16-40-91)135-129(139-119)95-47-23-9-24-48-95)71-88(82-132)72-112(126)120-80-116(92-41-17-6-18-42-92)136-130(140-120)96-49-25-10-26-50-96/h3-54,57-80H,55-56H2,1-2H3. The average molecular weight is 1820 g/mol. The van der Waals surface area contributed by atoms with Gasteiger partial charge >= 0.3 is 0 Å². The third kappa shape index (κ3) is 16.8. The topological polar surface area (TPSA) is 161 Å². The van der Waals surface area contributed by atoms with E-state index in [1.807, 2.05) is 218 Å². The monoisotopic (exact) mass is 1810 g/mol. The molecule has 0 atom stereocenters. The predicted molar refractivity (Wildman–Crippen MR) is 577 cm³/mol. The highest BCUT2D eigenvalue weighted by molar-refractivity contribution is 6.15. The van der Waals surface area contributed by atoms with Gasteiger partial charge < -0.3 is 9.13 Å². The van der Waals surface area contributed by atoms with E-state index in [0.717, 1.165) is 191 Å². The van der Waals surface area contributed by atoms with Crippen LogP contribution in [0.15, 0.2) is 461 Å². The van der Waals surface area contributed by atoms with Crippen molar-refractivity contribution in [2.45, 2.75) is 26.7 Å². The fourth-order valence-corrected chi connectivity index (χ4v) is 19.9. The number of hydrogen-bond donors (Lipinski definition) is 0. The van der Waals surface area contributed by atoms with Crippen LogP contribution in [0.4, 0.5) is 0 Å². The first-order valence-corrected chi connectivity index (χ1v) is 47.7. The van der Waals surface area contributed by atoms with E-state index < -0.39 is 0 Å². The van der Waals surface area contributed by atoms with Crippen LogP contribution in [-0.4, -0.2) is 49.0 Å². The highest BCUT2D eigenvalue weighted by atomic mass is 15.0. The van der Waals surface area contributed by atoms with Crippen molar-refractivity contribution in [2.24, 2.45) is 0 Å². The summed E-state index contributed by atoms with van der Waals surface area (Å²) < 4.78 is 4.78. The van der Waals surface area contributed by atoms with Crippen LogP contribution in [0.2, 0.25) is 0 Å². The zero-order valence-corrected chi connectivity index (χ0v) is 77.7. The van der Waals surface area contributed by atoms with Crippen LogP contribution >= 0.6 is 0 Å². The summed E-state index contributed by atoms with van der Waals surface area (Å²) in [7, 11) is 0. The molecular weight excluding hydrogens is 1730 g/mol. The minimum absolute atomic E-state index is 0.426. The van der Waals surface area contributed by atoms with Crippen LogP contribution in [0, 0.1) is 36.5 Å². The molecule has 12 nitrogen and oxygen atoms in total. The Labute approximate surface area is 822 Å². The second kappa shape index (κ2) is 37.2. The Bertz CT molecular complexity index is 8580. The van der Waals surface area contributed by atoms with E-state index in [1.165, 1.54) is 11.1 Å². The van der Waals surface area contributed by atoms with E-state index in [2.05, 4.69) is 278 Å². The number of aromatic nitrogens is 10. The Morgan fingerprint density at radius 3 is 0.718 bits per heavy atom. The van der Waals surface area contributed by atoms with Crippen LogP contribution in [0.3, 0.4) is 0 Å². The highest BCUT2D eigenvalue weighted by Gasteiger charge is 2.30. The summed E-state index contributed by atoms with van der Waals surface area (Å²) >= 11 is 0. The molecule has 6 heterocycles. The second-order valence-corrected chi connectivity index (χ2v) is 36.1. The molecule has 0 amide bonds. The molecule has 0 N–H and O–H groups in total. The molecule has 0 spiro atoms. The molecule has 0 saturated carbocycles. The third-order valence-corrected chi connectivity index (χ3v) is 26.8. The molecule has 0 aliphatic heterocycles. The molecular formula is C130H86N12. The first-order valence-electron chi connectivity index (χ1n) is 47.7. The molecule has 24 aromatic rings. The van der Waals surface area contributed by atoms with Gasteiger partial charge in [0.25, 0.3) is 0 Å². The highest BCUT2D eigenvalue weighted by Crippen LogP contribution is 2.49. The molecule has 0 aliphatic carbocycles. The fraction of sp³-hybridized carbons (Fsp3) is 0.0308. The van der Waals surface area contributed by atoms with Gasteiger partial charge in [-0.15, -0.1) is 0 Å². The van der Waals surface area contributed by atoms with Crippen molar-refractivity contribution in [1.29, 1.82) is 10.5 Å². The molecule has 0 fully saturated rings. The molecule has 0 unspecified atom stereocenters. The Kier molecular flexibility index (Phi) is 22.4. The second-order valence-electron chi connectivity index (χ2n) is 36.1. The molecule has 0 bridgehead atoms. The SMILES string of the molecule is Cc1cccc(-c2ccc3c(c2)c2cc(-c4cccc(CCc5cccc(-c6ccc7c8ccc(-c9cccc(C)c9)cc8n(-c8c(-c9cc(-c%10ccccc%10)nc(-c%10ccccc%10)n9)cc(C#N)cc8-c8cc(-c9ccccc9)nc(-c9ccccc9)n8)c7c6)c5)c4)ccc2n3-c2c(-c3cc(-c4ccccc4)nc(-c4ccccc4)n3)cc(C#N)cc2-c2cc(-c3ccccc3)nc(-c3ccccc3)n2)c1. The Morgan fingerprint density at radius 1 is 0.190 bits per heavy atom. The lowest BCUT2D eigenvalue weighted by molar-refractivity contribution is 0.961. The van der Waals surface area contributed by atoms with Crippen molar-refractivity contribution in [3.63, 3.8) is 0 Å². The summed E-state index contributed by atoms with van der Waals surface area (Å²) in [5, 5.41) is 27.3. The van der Waals surface area contributed by atoms with Gasteiger partial charge in [-0.2, -0.15) is 10.5 Å². The summed E-state index contributed by atoms with van der Waals surface area (Å²) in [6, 6.07) is 166. The van der Waals surface area contributed by atoms with Crippen molar-refractivity contribution in [1.82, 2.24) is 49.0 Å². The summed E-state index contributed by atoms with van der Waals surface area (Å²) in [6.45, 7) is 4.28. The number of fused-ring (bicyclic) bond motifs is 6. The molecule has 0 saturated heterocycles. The normalized spacial score (nSPS) is 11.4. The smallest absolute Gasteiger partial charge is 0.160 e. The van der Waals surface area contributed by atoms with E-state index in [9.17, 15) is 10.5 Å². The number of hydrogen-bond acceptors (Lipinski definition) is 10. The van der Waals surface area contributed by atoms with E-state index in [-0.39, 0.29) is 0 Å². The third-order valence-electron chi connectivity index (χ3n) is 26.8. The van der Waals surface area contributed by atoms with E-state index in [4.69, 9.17) is 39.9 Å². The Morgan fingerprint density at radius 2 is 0.430 bits per heavy atom. The molecule has 12 heteroatoms. The van der Waals surface area contributed by atoms with Gasteiger partial charge in [0.15, 0.2) is 23.3 Å². The van der Waals surface area contributed by atoms with Crippen LogP contribution in [-0.2, 0) is 12.8 Å². The minimum Gasteiger partial charge on any atom is -0.308 e. The number of nitriles is 2. The zero-order valence-electron chi connectivity index (χ0n) is 77.7. The first kappa shape index (κ1) is 85.8. The lowest BCUT2D eigenvalue weighted by atomic mass is 9.95. The van der Waals surface area contributed by atoms with Crippen LogP contribution in [0.5, 0.6) is 0 Å². The van der Waals surface area contributed by atoms with Crippen molar-refractivity contribution in [3.8, 4) is 204 Å². The van der Waals surface area contributed by atoms with Crippen LogP contribution in [0.1, 0.15) is 33.4 Å². The van der Waals surface area contributed by atoms with Crippen molar-refractivity contribution < 1.29 is 0 Å². The van der Waals surface area contributed by atoms with E-state index >= 15 is 0 Å². The first-order chi connectivity index (χ1) is 70.0. The minimum atomic E-state index is 0.426. The molecule has 0 radical (unpaired) electrons. The summed E-state index contributed by atoms with van der Waals surface area (Å²) in [5.41, 5.74) is 34.7. The molecule has 24 rings (SSSR count). The maximum absolute atomic E-state index is 11.6. The maximum Gasteiger partial charge on any atom is 0.160 e. The quantitative estimate of drug-likeness (QED) is 0.0677. The predicted octanol–water partition coefficient (Wildman–Crippen LogP) is 31.9. The molecule has 6 aromatic heterocycles. The summed E-state index contributed by atoms with van der Waals surface area (Å²) in [4.78, 5) is 43.6. The summed E-state index contributed by atoms with van der Waals surface area (Å²) in [6.07, 6.45) is 1.51.